The van der Waals surface area contributed by atoms with Gasteiger partial charge in [0.2, 0.25) is 0 Å². The predicted molar refractivity (Wildman–Crippen MR) is 36.9 cm³/mol. The molecule has 2 N–H and O–H groups in total. The number of ether oxygens (including phenoxy) is 1. The highest BCUT2D eigenvalue weighted by Crippen LogP contribution is 2.10. The molecule has 1 aromatic heterocycles. The van der Waals surface area contributed by atoms with Crippen LogP contribution < -0.4 is 5.73 Å². The molecule has 1 rings (SSSR count). The highest BCUT2D eigenvalue weighted by atomic mass is 16.6. The van der Waals surface area contributed by atoms with Gasteiger partial charge in [0.15, 0.2) is 0 Å². The van der Waals surface area contributed by atoms with E-state index >= 15 is 0 Å². The number of hydrogen-bond acceptors (Lipinski definition) is 5. The van der Waals surface area contributed by atoms with Gasteiger partial charge in [0.25, 0.3) is 5.76 Å². The van der Waals surface area contributed by atoms with Gasteiger partial charge < -0.3 is 15.0 Å². The molecule has 0 aliphatic heterocycles. The number of nitrogen functional groups attached to an aromatic ring is 1. The summed E-state index contributed by atoms with van der Waals surface area (Å²) < 4.78 is 9.14. The molecule has 0 bridgehead atoms. The SMILES string of the molecule is CCOC(=O)c1oncc1N. The molecule has 11 heavy (non-hydrogen) atoms. The Labute approximate surface area is 63.1 Å². The highest BCUT2D eigenvalue weighted by molar-refractivity contribution is 5.91. The van der Waals surface area contributed by atoms with Crippen molar-refractivity contribution in [2.45, 2.75) is 6.92 Å². The first kappa shape index (κ1) is 7.59. The molecule has 0 aromatic carbocycles. The fourth-order valence-electron chi connectivity index (χ4n) is 0.599. The third kappa shape index (κ3) is 1.49. The number of rotatable bonds is 2. The first-order valence-corrected chi connectivity index (χ1v) is 3.13. The molecule has 60 valence electrons. The van der Waals surface area contributed by atoms with E-state index in [0.29, 0.717) is 6.61 Å². The summed E-state index contributed by atoms with van der Waals surface area (Å²) in [6.45, 7) is 1.99. The predicted octanol–water partition coefficient (Wildman–Crippen LogP) is 0.434. The summed E-state index contributed by atoms with van der Waals surface area (Å²) in [7, 11) is 0. The number of nitrogens with zero attached hydrogens (tertiary/aromatic N) is 1. The van der Waals surface area contributed by atoms with Crippen LogP contribution in [0.2, 0.25) is 0 Å². The van der Waals surface area contributed by atoms with Gasteiger partial charge in [-0.15, -0.1) is 0 Å². The third-order valence-corrected chi connectivity index (χ3v) is 1.06. The molecular weight excluding hydrogens is 148 g/mol. The molecule has 1 aromatic rings. The lowest BCUT2D eigenvalue weighted by molar-refractivity contribution is 0.0481. The average molecular weight is 156 g/mol. The van der Waals surface area contributed by atoms with Crippen molar-refractivity contribution in [1.29, 1.82) is 0 Å². The fraction of sp³-hybridized carbons (Fsp3) is 0.333. The minimum Gasteiger partial charge on any atom is -0.460 e. The average Bonchev–Trinajstić information content (AvgIpc) is 2.36. The minimum absolute atomic E-state index is 0.0353. The van der Waals surface area contributed by atoms with Crippen molar-refractivity contribution in [2.24, 2.45) is 0 Å². The molecule has 0 fully saturated rings. The lowest BCUT2D eigenvalue weighted by Crippen LogP contribution is -2.05. The molecule has 5 nitrogen and oxygen atoms in total. The lowest BCUT2D eigenvalue weighted by atomic mass is 10.4. The molecule has 0 spiro atoms. The van der Waals surface area contributed by atoms with E-state index in [4.69, 9.17) is 5.73 Å². The van der Waals surface area contributed by atoms with E-state index in [-0.39, 0.29) is 11.4 Å². The van der Waals surface area contributed by atoms with Crippen LogP contribution in [0.5, 0.6) is 0 Å². The largest absolute Gasteiger partial charge is 0.460 e. The quantitative estimate of drug-likeness (QED) is 0.628. The van der Waals surface area contributed by atoms with Crippen LogP contribution in [0.3, 0.4) is 0 Å². The molecule has 0 amide bonds. The van der Waals surface area contributed by atoms with Gasteiger partial charge in [0.1, 0.15) is 5.69 Å². The van der Waals surface area contributed by atoms with Crippen LogP contribution in [0.4, 0.5) is 5.69 Å². The molecule has 0 saturated heterocycles. The van der Waals surface area contributed by atoms with Gasteiger partial charge in [-0.2, -0.15) is 0 Å². The van der Waals surface area contributed by atoms with E-state index in [1.165, 1.54) is 6.20 Å². The van der Waals surface area contributed by atoms with E-state index < -0.39 is 5.97 Å². The summed E-state index contributed by atoms with van der Waals surface area (Å²) in [5.41, 5.74) is 5.51. The van der Waals surface area contributed by atoms with Crippen molar-refractivity contribution in [3.05, 3.63) is 12.0 Å². The van der Waals surface area contributed by atoms with Gasteiger partial charge in [0, 0.05) is 0 Å². The van der Waals surface area contributed by atoms with Crippen LogP contribution in [-0.2, 0) is 4.74 Å². The maximum atomic E-state index is 10.9. The Morgan fingerprint density at radius 3 is 3.09 bits per heavy atom. The Bertz CT molecular complexity index is 256. The zero-order chi connectivity index (χ0) is 8.27. The van der Waals surface area contributed by atoms with Gasteiger partial charge in [-0.1, -0.05) is 5.16 Å². The van der Waals surface area contributed by atoms with Crippen LogP contribution in [0.1, 0.15) is 17.5 Å². The molecule has 0 saturated carbocycles. The summed E-state index contributed by atoms with van der Waals surface area (Å²) in [4.78, 5) is 10.9. The van der Waals surface area contributed by atoms with Crippen molar-refractivity contribution < 1.29 is 14.1 Å². The summed E-state index contributed by atoms with van der Waals surface area (Å²) in [6.07, 6.45) is 1.26. The lowest BCUT2D eigenvalue weighted by Gasteiger charge is -1.95. The first-order valence-electron chi connectivity index (χ1n) is 3.13. The van der Waals surface area contributed by atoms with Crippen LogP contribution >= 0.6 is 0 Å². The molecule has 0 aliphatic carbocycles. The molecular formula is C6H8N2O3. The number of hydrogen-bond donors (Lipinski definition) is 1. The molecule has 5 heteroatoms. The maximum Gasteiger partial charge on any atom is 0.379 e. The van der Waals surface area contributed by atoms with Crippen molar-refractivity contribution in [3.63, 3.8) is 0 Å². The molecule has 0 radical (unpaired) electrons. The summed E-state index contributed by atoms with van der Waals surface area (Å²) in [5.74, 6) is -0.616. The van der Waals surface area contributed by atoms with E-state index in [1.54, 1.807) is 6.92 Å². The minimum atomic E-state index is -0.581. The fourth-order valence-corrected chi connectivity index (χ4v) is 0.599. The highest BCUT2D eigenvalue weighted by Gasteiger charge is 2.15. The number of carbonyl (C=O) groups is 1. The normalized spacial score (nSPS) is 9.55. The zero-order valence-corrected chi connectivity index (χ0v) is 6.03. The number of nitrogens with two attached hydrogens (primary N) is 1. The number of carbonyl (C=O) groups excluding carboxylic acids is 1. The van der Waals surface area contributed by atoms with Crippen LogP contribution in [-0.4, -0.2) is 17.7 Å². The molecule has 1 heterocycles. The number of esters is 1. The Kier molecular flexibility index (Phi) is 2.10. The third-order valence-electron chi connectivity index (χ3n) is 1.06. The maximum absolute atomic E-state index is 10.9. The topological polar surface area (TPSA) is 78.3 Å². The second kappa shape index (κ2) is 3.05. The first-order chi connectivity index (χ1) is 5.25. The molecule has 0 aliphatic rings. The van der Waals surface area contributed by atoms with Crippen molar-refractivity contribution >= 4 is 11.7 Å². The molecule has 0 atom stereocenters. The Hall–Kier alpha value is -1.52. The van der Waals surface area contributed by atoms with E-state index in [1.807, 2.05) is 0 Å². The van der Waals surface area contributed by atoms with Crippen LogP contribution in [0, 0.1) is 0 Å². The van der Waals surface area contributed by atoms with Crippen LogP contribution in [0.25, 0.3) is 0 Å². The number of anilines is 1. The van der Waals surface area contributed by atoms with Crippen molar-refractivity contribution in [3.8, 4) is 0 Å². The smallest absolute Gasteiger partial charge is 0.379 e. The van der Waals surface area contributed by atoms with E-state index in [9.17, 15) is 4.79 Å². The van der Waals surface area contributed by atoms with Gasteiger partial charge in [-0.05, 0) is 6.92 Å². The second-order valence-corrected chi connectivity index (χ2v) is 1.83. The summed E-state index contributed by atoms with van der Waals surface area (Å²) >= 11 is 0. The second-order valence-electron chi connectivity index (χ2n) is 1.83. The monoisotopic (exact) mass is 156 g/mol. The van der Waals surface area contributed by atoms with Gasteiger partial charge in [-0.3, -0.25) is 0 Å². The van der Waals surface area contributed by atoms with Crippen LogP contribution in [0.15, 0.2) is 10.7 Å². The van der Waals surface area contributed by atoms with Gasteiger partial charge >= 0.3 is 5.97 Å². The van der Waals surface area contributed by atoms with Gasteiger partial charge in [0.05, 0.1) is 12.8 Å². The summed E-state index contributed by atoms with van der Waals surface area (Å²) in [6, 6.07) is 0. The standard InChI is InChI=1S/C6H8N2O3/c1-2-10-6(9)5-4(7)3-8-11-5/h3H,2,7H2,1H3. The Balaban J connectivity index is 2.76. The zero-order valence-electron chi connectivity index (χ0n) is 6.03. The van der Waals surface area contributed by atoms with E-state index in [2.05, 4.69) is 14.4 Å². The molecule has 0 unspecified atom stereocenters. The Morgan fingerprint density at radius 2 is 2.64 bits per heavy atom. The van der Waals surface area contributed by atoms with Crippen molar-refractivity contribution in [1.82, 2.24) is 5.16 Å². The Morgan fingerprint density at radius 1 is 1.91 bits per heavy atom. The van der Waals surface area contributed by atoms with Gasteiger partial charge in [-0.25, -0.2) is 4.79 Å². The van der Waals surface area contributed by atoms with Crippen molar-refractivity contribution in [2.75, 3.05) is 12.3 Å². The number of aromatic nitrogens is 1. The summed E-state index contributed by atoms with van der Waals surface area (Å²) in [5, 5.41) is 3.32. The van der Waals surface area contributed by atoms with E-state index in [0.717, 1.165) is 0 Å².